The third-order valence-electron chi connectivity index (χ3n) is 4.51. The zero-order valence-corrected chi connectivity index (χ0v) is 14.3. The molecule has 9 heteroatoms. The number of rotatable bonds is 3. The molecule has 0 amide bonds. The Hall–Kier alpha value is -3.20. The molecule has 0 aromatic carbocycles. The third kappa shape index (κ3) is 2.53. The normalized spacial score (nSPS) is 15.0. The van der Waals surface area contributed by atoms with Crippen molar-refractivity contribution in [2.75, 3.05) is 31.2 Å². The minimum atomic E-state index is 0.717. The summed E-state index contributed by atoms with van der Waals surface area (Å²) in [6.45, 7) is 3.11. The van der Waals surface area contributed by atoms with Gasteiger partial charge in [-0.05, 0) is 12.1 Å². The van der Waals surface area contributed by atoms with Crippen molar-refractivity contribution in [1.82, 2.24) is 34.5 Å². The molecule has 0 spiro atoms. The maximum atomic E-state index is 5.47. The molecule has 9 nitrogen and oxygen atoms in total. The summed E-state index contributed by atoms with van der Waals surface area (Å²) in [6, 6.07) is 5.91. The van der Waals surface area contributed by atoms with Crippen LogP contribution in [0.15, 0.2) is 36.9 Å². The minimum absolute atomic E-state index is 0.717. The average Bonchev–Trinajstić information content (AvgIpc) is 3.41. The molecule has 1 N–H and O–H groups in total. The van der Waals surface area contributed by atoms with Crippen LogP contribution in [0.25, 0.3) is 28.4 Å². The summed E-state index contributed by atoms with van der Waals surface area (Å²) in [6.07, 6.45) is 5.48. The molecule has 0 unspecified atom stereocenters. The minimum Gasteiger partial charge on any atom is -0.378 e. The zero-order valence-electron chi connectivity index (χ0n) is 14.3. The molecular formula is C17H18N8O. The lowest BCUT2D eigenvalue weighted by molar-refractivity contribution is 0.123. The van der Waals surface area contributed by atoms with Gasteiger partial charge < -0.3 is 14.6 Å². The first-order valence-corrected chi connectivity index (χ1v) is 8.51. The monoisotopic (exact) mass is 350 g/mol. The fourth-order valence-electron chi connectivity index (χ4n) is 3.20. The number of nitrogens with one attached hydrogen (secondary N) is 1. The average molecular weight is 350 g/mol. The van der Waals surface area contributed by atoms with E-state index in [0.29, 0.717) is 0 Å². The van der Waals surface area contributed by atoms with Crippen LogP contribution < -0.4 is 4.90 Å². The number of hydrogen-bond acceptors (Lipinski definition) is 6. The zero-order chi connectivity index (χ0) is 17.5. The molecule has 1 aliphatic rings. The molecule has 5 heterocycles. The standard InChI is InChI=1S/C17H18N8O/c1-23-4-2-12(21-23)13-3-5-25(22-13)15-10-14(24-6-8-26-9-7-24)16-17(20-15)19-11-18-16/h2-5,10-11H,6-9H2,1H3,(H,18,19,20). The number of anilines is 1. The summed E-state index contributed by atoms with van der Waals surface area (Å²) in [5.74, 6) is 0.741. The van der Waals surface area contributed by atoms with Crippen LogP contribution in [0.1, 0.15) is 0 Å². The number of nitrogens with zero attached hydrogens (tertiary/aromatic N) is 7. The van der Waals surface area contributed by atoms with Gasteiger partial charge in [0, 0.05) is 38.6 Å². The molecule has 0 atom stereocenters. The van der Waals surface area contributed by atoms with E-state index in [0.717, 1.165) is 60.4 Å². The number of ether oxygens (including phenoxy) is 1. The highest BCUT2D eigenvalue weighted by molar-refractivity contribution is 5.87. The number of aromatic nitrogens is 7. The van der Waals surface area contributed by atoms with Gasteiger partial charge in [-0.15, -0.1) is 0 Å². The smallest absolute Gasteiger partial charge is 0.161 e. The molecular weight excluding hydrogens is 332 g/mol. The number of aryl methyl sites for hydroxylation is 1. The molecule has 0 radical (unpaired) electrons. The van der Waals surface area contributed by atoms with Crippen molar-refractivity contribution in [3.8, 4) is 17.2 Å². The van der Waals surface area contributed by atoms with Crippen LogP contribution in [0, 0.1) is 0 Å². The van der Waals surface area contributed by atoms with Gasteiger partial charge in [0.1, 0.15) is 16.9 Å². The van der Waals surface area contributed by atoms with Crippen LogP contribution in [-0.4, -0.2) is 60.8 Å². The second kappa shape index (κ2) is 5.95. The van der Waals surface area contributed by atoms with E-state index >= 15 is 0 Å². The molecule has 0 aliphatic carbocycles. The molecule has 132 valence electrons. The Balaban J connectivity index is 1.58. The number of pyridine rings is 1. The van der Waals surface area contributed by atoms with E-state index in [9.17, 15) is 0 Å². The number of hydrogen-bond donors (Lipinski definition) is 1. The first-order valence-electron chi connectivity index (χ1n) is 8.51. The van der Waals surface area contributed by atoms with Gasteiger partial charge in [-0.2, -0.15) is 10.2 Å². The predicted molar refractivity (Wildman–Crippen MR) is 96.2 cm³/mol. The van der Waals surface area contributed by atoms with Gasteiger partial charge in [0.15, 0.2) is 11.5 Å². The van der Waals surface area contributed by atoms with Gasteiger partial charge in [-0.25, -0.2) is 14.6 Å². The second-order valence-corrected chi connectivity index (χ2v) is 6.22. The first kappa shape index (κ1) is 15.1. The van der Waals surface area contributed by atoms with Crippen molar-refractivity contribution < 1.29 is 4.74 Å². The molecule has 1 aliphatic heterocycles. The molecule has 4 aromatic heterocycles. The van der Waals surface area contributed by atoms with Gasteiger partial charge in [-0.1, -0.05) is 0 Å². The Bertz CT molecular complexity index is 1060. The van der Waals surface area contributed by atoms with Crippen LogP contribution in [0.3, 0.4) is 0 Å². The van der Waals surface area contributed by atoms with Crippen LogP contribution in [0.4, 0.5) is 5.69 Å². The van der Waals surface area contributed by atoms with Gasteiger partial charge in [0.2, 0.25) is 0 Å². The highest BCUT2D eigenvalue weighted by Gasteiger charge is 2.18. The van der Waals surface area contributed by atoms with Crippen molar-refractivity contribution in [3.05, 3.63) is 36.9 Å². The summed E-state index contributed by atoms with van der Waals surface area (Å²) < 4.78 is 9.01. The quantitative estimate of drug-likeness (QED) is 0.600. The maximum absolute atomic E-state index is 5.47. The number of H-pyrrole nitrogens is 1. The fourth-order valence-corrected chi connectivity index (χ4v) is 3.20. The van der Waals surface area contributed by atoms with Gasteiger partial charge >= 0.3 is 0 Å². The number of aromatic amines is 1. The van der Waals surface area contributed by atoms with Crippen LogP contribution in [0.5, 0.6) is 0 Å². The van der Waals surface area contributed by atoms with E-state index in [2.05, 4.69) is 30.0 Å². The van der Waals surface area contributed by atoms with Crippen LogP contribution in [0.2, 0.25) is 0 Å². The van der Waals surface area contributed by atoms with E-state index in [1.54, 1.807) is 15.7 Å². The molecule has 26 heavy (non-hydrogen) atoms. The molecule has 0 saturated carbocycles. The van der Waals surface area contributed by atoms with Gasteiger partial charge in [-0.3, -0.25) is 4.68 Å². The van der Waals surface area contributed by atoms with Crippen molar-refractivity contribution >= 4 is 16.9 Å². The Morgan fingerprint density at radius 3 is 2.69 bits per heavy atom. The number of imidazole rings is 1. The Labute approximate surface area is 149 Å². The van der Waals surface area contributed by atoms with Crippen molar-refractivity contribution in [2.45, 2.75) is 0 Å². The van der Waals surface area contributed by atoms with Crippen molar-refractivity contribution in [2.24, 2.45) is 7.05 Å². The van der Waals surface area contributed by atoms with E-state index < -0.39 is 0 Å². The van der Waals surface area contributed by atoms with Crippen molar-refractivity contribution in [3.63, 3.8) is 0 Å². The Kier molecular flexibility index (Phi) is 3.45. The lowest BCUT2D eigenvalue weighted by atomic mass is 10.3. The summed E-state index contributed by atoms with van der Waals surface area (Å²) in [4.78, 5) is 14.5. The third-order valence-corrected chi connectivity index (χ3v) is 4.51. The summed E-state index contributed by atoms with van der Waals surface area (Å²) in [7, 11) is 1.89. The largest absolute Gasteiger partial charge is 0.378 e. The molecule has 5 rings (SSSR count). The van der Waals surface area contributed by atoms with Gasteiger partial charge in [0.25, 0.3) is 0 Å². The van der Waals surface area contributed by atoms with E-state index in [1.165, 1.54) is 0 Å². The fraction of sp³-hybridized carbons (Fsp3) is 0.294. The van der Waals surface area contributed by atoms with Crippen LogP contribution >= 0.6 is 0 Å². The SMILES string of the molecule is Cn1ccc(-c2ccn(-c3cc(N4CCOCC4)c4nc[nH]c4n3)n2)n1. The van der Waals surface area contributed by atoms with Gasteiger partial charge in [0.05, 0.1) is 25.2 Å². The summed E-state index contributed by atoms with van der Waals surface area (Å²) >= 11 is 0. The molecule has 4 aromatic rings. The number of morpholine rings is 1. The van der Waals surface area contributed by atoms with E-state index in [4.69, 9.17) is 4.74 Å². The van der Waals surface area contributed by atoms with Crippen molar-refractivity contribution in [1.29, 1.82) is 0 Å². The Morgan fingerprint density at radius 1 is 1.08 bits per heavy atom. The number of fused-ring (bicyclic) bond motifs is 1. The summed E-state index contributed by atoms with van der Waals surface area (Å²) in [5, 5.41) is 9.05. The van der Waals surface area contributed by atoms with E-state index in [-0.39, 0.29) is 0 Å². The first-order chi connectivity index (χ1) is 12.8. The molecule has 1 fully saturated rings. The molecule has 0 bridgehead atoms. The lowest BCUT2D eigenvalue weighted by Crippen LogP contribution is -2.36. The highest BCUT2D eigenvalue weighted by atomic mass is 16.5. The van der Waals surface area contributed by atoms with Crippen LogP contribution in [-0.2, 0) is 11.8 Å². The topological polar surface area (TPSA) is 89.7 Å². The second-order valence-electron chi connectivity index (χ2n) is 6.22. The molecule has 1 saturated heterocycles. The highest BCUT2D eigenvalue weighted by Crippen LogP contribution is 2.27. The summed E-state index contributed by atoms with van der Waals surface area (Å²) in [5.41, 5.74) is 4.31. The van der Waals surface area contributed by atoms with E-state index in [1.807, 2.05) is 37.6 Å². The maximum Gasteiger partial charge on any atom is 0.161 e. The lowest BCUT2D eigenvalue weighted by Gasteiger charge is -2.29. The predicted octanol–water partition coefficient (Wildman–Crippen LogP) is 1.38. The Morgan fingerprint density at radius 2 is 1.88 bits per heavy atom.